The number of ether oxygens (including phenoxy) is 1. The predicted octanol–water partition coefficient (Wildman–Crippen LogP) is 3.18. The number of halogens is 2. The van der Waals surface area contributed by atoms with E-state index in [1.807, 2.05) is 0 Å². The molecule has 8 heteroatoms. The van der Waals surface area contributed by atoms with Gasteiger partial charge in [0, 0.05) is 6.07 Å². The van der Waals surface area contributed by atoms with Crippen LogP contribution < -0.4 is 9.04 Å². The molecular formula is C16H15ClFNO4S. The summed E-state index contributed by atoms with van der Waals surface area (Å²) in [6.07, 6.45) is 0. The zero-order valence-electron chi connectivity index (χ0n) is 12.9. The smallest absolute Gasteiger partial charge is 0.265 e. The van der Waals surface area contributed by atoms with Crippen LogP contribution in [-0.4, -0.2) is 26.8 Å². The summed E-state index contributed by atoms with van der Waals surface area (Å²) in [6.45, 7) is 1.37. The molecule has 24 heavy (non-hydrogen) atoms. The first-order valence-electron chi connectivity index (χ1n) is 6.91. The summed E-state index contributed by atoms with van der Waals surface area (Å²) in [4.78, 5) is 11.5. The van der Waals surface area contributed by atoms with Crippen LogP contribution in [0.1, 0.15) is 6.92 Å². The van der Waals surface area contributed by atoms with Gasteiger partial charge >= 0.3 is 0 Å². The number of carbonyl (C=O) groups is 1. The molecule has 128 valence electrons. The largest absolute Gasteiger partial charge is 0.497 e. The fraction of sp³-hybridized carbons (Fsp3) is 0.188. The number of hydrogen-bond donors (Lipinski definition) is 0. The fourth-order valence-electron chi connectivity index (χ4n) is 2.13. The molecule has 2 rings (SSSR count). The maximum atomic E-state index is 13.1. The van der Waals surface area contributed by atoms with Crippen LogP contribution in [0.25, 0.3) is 0 Å². The zero-order chi connectivity index (χ0) is 17.9. The van der Waals surface area contributed by atoms with Gasteiger partial charge in [0.2, 0.25) is 5.24 Å². The Balaban J connectivity index is 2.61. The van der Waals surface area contributed by atoms with Gasteiger partial charge in [-0.1, -0.05) is 6.07 Å². The van der Waals surface area contributed by atoms with Gasteiger partial charge in [-0.2, -0.15) is 0 Å². The molecular weight excluding hydrogens is 357 g/mol. The molecule has 0 aliphatic heterocycles. The SMILES string of the molecule is COc1cccc(N(C(C)C(=O)Cl)S(=O)(=O)c2ccc(F)cc2)c1. The minimum atomic E-state index is -4.13. The molecule has 0 N–H and O–H groups in total. The van der Waals surface area contributed by atoms with Crippen LogP contribution in [0.3, 0.4) is 0 Å². The first-order valence-corrected chi connectivity index (χ1v) is 8.72. The van der Waals surface area contributed by atoms with E-state index in [4.69, 9.17) is 16.3 Å². The van der Waals surface area contributed by atoms with Gasteiger partial charge < -0.3 is 4.74 Å². The summed E-state index contributed by atoms with van der Waals surface area (Å²) in [5.74, 6) is -0.149. The van der Waals surface area contributed by atoms with Crippen molar-refractivity contribution in [2.75, 3.05) is 11.4 Å². The van der Waals surface area contributed by atoms with E-state index in [0.29, 0.717) is 5.75 Å². The topological polar surface area (TPSA) is 63.7 Å². The molecule has 1 unspecified atom stereocenters. The van der Waals surface area contributed by atoms with Crippen molar-refractivity contribution < 1.29 is 22.3 Å². The summed E-state index contributed by atoms with van der Waals surface area (Å²) >= 11 is 5.53. The molecule has 0 heterocycles. The van der Waals surface area contributed by atoms with Crippen molar-refractivity contribution in [3.05, 3.63) is 54.3 Å². The van der Waals surface area contributed by atoms with Crippen LogP contribution in [0.15, 0.2) is 53.4 Å². The van der Waals surface area contributed by atoms with E-state index >= 15 is 0 Å². The Labute approximate surface area is 144 Å². The highest BCUT2D eigenvalue weighted by Gasteiger charge is 2.33. The Morgan fingerprint density at radius 1 is 1.21 bits per heavy atom. The second-order valence-electron chi connectivity index (χ2n) is 4.94. The zero-order valence-corrected chi connectivity index (χ0v) is 14.5. The van der Waals surface area contributed by atoms with Gasteiger partial charge in [0.15, 0.2) is 0 Å². The minimum absolute atomic E-state index is 0.156. The van der Waals surface area contributed by atoms with E-state index in [1.165, 1.54) is 26.2 Å². The van der Waals surface area contributed by atoms with Gasteiger partial charge in [0.05, 0.1) is 17.7 Å². The van der Waals surface area contributed by atoms with Crippen molar-refractivity contribution in [3.8, 4) is 5.75 Å². The molecule has 0 saturated carbocycles. The molecule has 0 radical (unpaired) electrons. The van der Waals surface area contributed by atoms with E-state index in [1.54, 1.807) is 12.1 Å². The predicted molar refractivity (Wildman–Crippen MR) is 89.4 cm³/mol. The number of nitrogens with zero attached hydrogens (tertiary/aromatic N) is 1. The molecule has 2 aromatic carbocycles. The quantitative estimate of drug-likeness (QED) is 0.731. The molecule has 0 bridgehead atoms. The maximum absolute atomic E-state index is 13.1. The van der Waals surface area contributed by atoms with Crippen molar-refractivity contribution in [3.63, 3.8) is 0 Å². The molecule has 0 spiro atoms. The number of methoxy groups -OCH3 is 1. The molecule has 0 amide bonds. The Hall–Kier alpha value is -2.12. The standard InChI is InChI=1S/C16H15ClFNO4S/c1-11(16(17)20)19(13-4-3-5-14(10-13)23-2)24(21,22)15-8-6-12(18)7-9-15/h3-11H,1-2H3. The minimum Gasteiger partial charge on any atom is -0.497 e. The number of carbonyl (C=O) groups excluding carboxylic acids is 1. The second kappa shape index (κ2) is 7.19. The van der Waals surface area contributed by atoms with Crippen molar-refractivity contribution >= 4 is 32.6 Å². The van der Waals surface area contributed by atoms with Crippen molar-refractivity contribution in [1.29, 1.82) is 0 Å². The van der Waals surface area contributed by atoms with E-state index in [-0.39, 0.29) is 10.6 Å². The van der Waals surface area contributed by atoms with Gasteiger partial charge in [0.25, 0.3) is 10.0 Å². The molecule has 1 atom stereocenters. The summed E-state index contributed by atoms with van der Waals surface area (Å²) in [6, 6.07) is 9.37. The van der Waals surface area contributed by atoms with Crippen LogP contribution in [0.2, 0.25) is 0 Å². The molecule has 0 aromatic heterocycles. The highest BCUT2D eigenvalue weighted by atomic mass is 35.5. The third-order valence-electron chi connectivity index (χ3n) is 3.36. The molecule has 2 aromatic rings. The van der Waals surface area contributed by atoms with Crippen molar-refractivity contribution in [1.82, 2.24) is 0 Å². The number of rotatable bonds is 6. The van der Waals surface area contributed by atoms with Crippen LogP contribution in [0.5, 0.6) is 5.75 Å². The monoisotopic (exact) mass is 371 g/mol. The summed E-state index contributed by atoms with van der Waals surface area (Å²) < 4.78 is 44.9. The average Bonchev–Trinajstić information content (AvgIpc) is 2.55. The van der Waals surface area contributed by atoms with Crippen LogP contribution in [0, 0.1) is 5.82 Å². The molecule has 0 saturated heterocycles. The van der Waals surface area contributed by atoms with Crippen molar-refractivity contribution in [2.24, 2.45) is 0 Å². The van der Waals surface area contributed by atoms with Gasteiger partial charge in [-0.3, -0.25) is 9.10 Å². The summed E-state index contributed by atoms with van der Waals surface area (Å²) in [5, 5.41) is -0.844. The van der Waals surface area contributed by atoms with Crippen molar-refractivity contribution in [2.45, 2.75) is 17.9 Å². The maximum Gasteiger partial charge on any atom is 0.265 e. The third-order valence-corrected chi connectivity index (χ3v) is 5.59. The van der Waals surface area contributed by atoms with Gasteiger partial charge in [-0.15, -0.1) is 0 Å². The number of sulfonamides is 1. The average molecular weight is 372 g/mol. The Morgan fingerprint density at radius 3 is 2.38 bits per heavy atom. The Bertz CT molecular complexity index is 839. The lowest BCUT2D eigenvalue weighted by Crippen LogP contribution is -2.42. The molecule has 0 aliphatic rings. The van der Waals surface area contributed by atoms with E-state index < -0.39 is 27.1 Å². The van der Waals surface area contributed by atoms with Crippen LogP contribution in [-0.2, 0) is 14.8 Å². The van der Waals surface area contributed by atoms with E-state index in [0.717, 1.165) is 28.6 Å². The Morgan fingerprint density at radius 2 is 1.83 bits per heavy atom. The molecule has 5 nitrogen and oxygen atoms in total. The molecule has 0 aliphatic carbocycles. The van der Waals surface area contributed by atoms with E-state index in [9.17, 15) is 17.6 Å². The lowest BCUT2D eigenvalue weighted by atomic mass is 10.2. The van der Waals surface area contributed by atoms with Crippen LogP contribution in [0.4, 0.5) is 10.1 Å². The highest BCUT2D eigenvalue weighted by Crippen LogP contribution is 2.29. The first kappa shape index (κ1) is 18.2. The Kier molecular flexibility index (Phi) is 5.46. The lowest BCUT2D eigenvalue weighted by Gasteiger charge is -2.28. The number of anilines is 1. The van der Waals surface area contributed by atoms with Gasteiger partial charge in [-0.05, 0) is 54.9 Å². The molecule has 0 fully saturated rings. The normalized spacial score (nSPS) is 12.5. The van der Waals surface area contributed by atoms with Gasteiger partial charge in [-0.25, -0.2) is 12.8 Å². The third kappa shape index (κ3) is 3.68. The van der Waals surface area contributed by atoms with Gasteiger partial charge in [0.1, 0.15) is 17.6 Å². The summed E-state index contributed by atoms with van der Waals surface area (Å²) in [5.41, 5.74) is 0.208. The van der Waals surface area contributed by atoms with Crippen LogP contribution >= 0.6 is 11.6 Å². The first-order chi connectivity index (χ1) is 11.3. The number of hydrogen-bond acceptors (Lipinski definition) is 4. The highest BCUT2D eigenvalue weighted by molar-refractivity contribution is 7.93. The fourth-order valence-corrected chi connectivity index (χ4v) is 3.90. The summed E-state index contributed by atoms with van der Waals surface area (Å²) in [7, 11) is -2.70. The second-order valence-corrected chi connectivity index (χ2v) is 7.12. The lowest BCUT2D eigenvalue weighted by molar-refractivity contribution is -0.112. The van der Waals surface area contributed by atoms with E-state index in [2.05, 4.69) is 0 Å². The number of benzene rings is 2.